The molecule has 2 amide bonds. The first-order valence-corrected chi connectivity index (χ1v) is 11.9. The summed E-state index contributed by atoms with van der Waals surface area (Å²) in [4.78, 5) is 40.3. The van der Waals surface area contributed by atoms with E-state index < -0.39 is 18.1 Å². The Labute approximate surface area is 222 Å². The molecular weight excluding hydrogens is 494 g/mol. The molecule has 8 nitrogen and oxygen atoms in total. The van der Waals surface area contributed by atoms with Crippen molar-refractivity contribution in [3.63, 3.8) is 0 Å². The molecule has 0 fully saturated rings. The van der Waals surface area contributed by atoms with Gasteiger partial charge in [0, 0.05) is 11.3 Å². The normalized spacial score (nSPS) is 15.7. The number of anilines is 1. The maximum absolute atomic E-state index is 13.9. The van der Waals surface area contributed by atoms with Gasteiger partial charge in [0.15, 0.2) is 0 Å². The van der Waals surface area contributed by atoms with Gasteiger partial charge in [0.1, 0.15) is 11.8 Å². The Kier molecular flexibility index (Phi) is 9.13. The Morgan fingerprint density at radius 3 is 2.57 bits per heavy atom. The van der Waals surface area contributed by atoms with E-state index in [0.717, 1.165) is 27.6 Å². The molecule has 9 heteroatoms. The number of ether oxygens (including phenoxy) is 2. The summed E-state index contributed by atoms with van der Waals surface area (Å²) in [7, 11) is 4.65. The lowest BCUT2D eigenvalue weighted by Gasteiger charge is -2.28. The minimum atomic E-state index is -0.660. The van der Waals surface area contributed by atoms with Crippen molar-refractivity contribution < 1.29 is 23.9 Å². The zero-order valence-corrected chi connectivity index (χ0v) is 22.2. The fraction of sp³-hybridized carbons (Fsp3) is 0.321. The maximum atomic E-state index is 13.9. The molecule has 1 heterocycles. The van der Waals surface area contributed by atoms with Crippen LogP contribution in [0.5, 0.6) is 5.75 Å². The van der Waals surface area contributed by atoms with Gasteiger partial charge in [-0.1, -0.05) is 30.3 Å². The fourth-order valence-electron chi connectivity index (χ4n) is 4.57. The summed E-state index contributed by atoms with van der Waals surface area (Å²) in [5.41, 5.74) is 3.10. The molecule has 0 bridgehead atoms. The van der Waals surface area contributed by atoms with Crippen molar-refractivity contribution in [2.45, 2.75) is 38.4 Å². The topological polar surface area (TPSA) is 97.0 Å². The van der Waals surface area contributed by atoms with Gasteiger partial charge in [-0.15, -0.1) is 12.4 Å². The number of amides is 2. The first-order chi connectivity index (χ1) is 17.4. The van der Waals surface area contributed by atoms with Gasteiger partial charge in [0.25, 0.3) is 0 Å². The number of fused-ring (bicyclic) bond motifs is 2. The first-order valence-electron chi connectivity index (χ1n) is 11.9. The van der Waals surface area contributed by atoms with Crippen LogP contribution in [0.2, 0.25) is 0 Å². The van der Waals surface area contributed by atoms with E-state index in [1.807, 2.05) is 42.5 Å². The predicted molar refractivity (Wildman–Crippen MR) is 145 cm³/mol. The fourth-order valence-corrected chi connectivity index (χ4v) is 4.57. The van der Waals surface area contributed by atoms with Gasteiger partial charge in [0.2, 0.25) is 11.8 Å². The smallest absolute Gasteiger partial charge is 0.337 e. The van der Waals surface area contributed by atoms with E-state index in [2.05, 4.69) is 10.6 Å². The van der Waals surface area contributed by atoms with Crippen LogP contribution in [0.1, 0.15) is 34.8 Å². The Bertz CT molecular complexity index is 1310. The zero-order valence-electron chi connectivity index (χ0n) is 21.4. The predicted octanol–water partition coefficient (Wildman–Crippen LogP) is 3.63. The molecule has 2 N–H and O–H groups in total. The molecule has 3 aromatic rings. The molecule has 0 saturated carbocycles. The molecule has 1 aliphatic rings. The largest absolute Gasteiger partial charge is 0.496 e. The molecule has 0 aromatic heterocycles. The lowest BCUT2D eigenvalue weighted by atomic mass is 10.00. The monoisotopic (exact) mass is 525 g/mol. The number of esters is 1. The standard InChI is InChI=1S/C28H31N3O5.ClH/c1-17(29-2)26(32)30-23-13-10-18-7-5-6-8-24(18)31(27(23)33)16-22-21-12-9-20(28(34)36-4)15-19(21)11-14-25(22)35-3;/h5-9,11-12,14-15,17,23,29H,10,13,16H2,1-4H3,(H,30,32);1H. The van der Waals surface area contributed by atoms with E-state index in [-0.39, 0.29) is 30.8 Å². The molecule has 0 radical (unpaired) electrons. The third-order valence-electron chi connectivity index (χ3n) is 6.74. The van der Waals surface area contributed by atoms with Crippen LogP contribution in [0, 0.1) is 0 Å². The van der Waals surface area contributed by atoms with Crippen molar-refractivity contribution in [1.82, 2.24) is 10.6 Å². The third-order valence-corrected chi connectivity index (χ3v) is 6.74. The summed E-state index contributed by atoms with van der Waals surface area (Å²) >= 11 is 0. The van der Waals surface area contributed by atoms with Gasteiger partial charge in [-0.25, -0.2) is 4.79 Å². The van der Waals surface area contributed by atoms with Gasteiger partial charge in [-0.2, -0.15) is 0 Å². The van der Waals surface area contributed by atoms with Crippen LogP contribution >= 0.6 is 12.4 Å². The van der Waals surface area contributed by atoms with E-state index in [9.17, 15) is 14.4 Å². The van der Waals surface area contributed by atoms with Crippen molar-refractivity contribution in [2.75, 3.05) is 26.2 Å². The number of aryl methyl sites for hydroxylation is 1. The molecule has 2 unspecified atom stereocenters. The average Bonchev–Trinajstić information content (AvgIpc) is 3.04. The van der Waals surface area contributed by atoms with E-state index in [4.69, 9.17) is 9.47 Å². The molecular formula is C28H32ClN3O5. The van der Waals surface area contributed by atoms with E-state index in [1.54, 1.807) is 38.1 Å². The highest BCUT2D eigenvalue weighted by Gasteiger charge is 2.33. The average molecular weight is 526 g/mol. The van der Waals surface area contributed by atoms with Crippen LogP contribution < -0.4 is 20.3 Å². The Morgan fingerprint density at radius 1 is 1.11 bits per heavy atom. The highest BCUT2D eigenvalue weighted by molar-refractivity contribution is 6.02. The van der Waals surface area contributed by atoms with Crippen molar-refractivity contribution in [3.8, 4) is 5.75 Å². The van der Waals surface area contributed by atoms with Crippen molar-refractivity contribution in [2.24, 2.45) is 0 Å². The number of rotatable bonds is 7. The minimum absolute atomic E-state index is 0. The summed E-state index contributed by atoms with van der Waals surface area (Å²) in [5.74, 6) is -0.186. The summed E-state index contributed by atoms with van der Waals surface area (Å²) in [6.45, 7) is 1.99. The second-order valence-electron chi connectivity index (χ2n) is 8.84. The molecule has 4 rings (SSSR count). The number of methoxy groups -OCH3 is 2. The molecule has 196 valence electrons. The van der Waals surface area contributed by atoms with Crippen molar-refractivity contribution in [1.29, 1.82) is 0 Å². The number of nitrogens with one attached hydrogen (secondary N) is 2. The van der Waals surface area contributed by atoms with E-state index >= 15 is 0 Å². The molecule has 0 aliphatic carbocycles. The molecule has 0 spiro atoms. The van der Waals surface area contributed by atoms with Crippen LogP contribution in [0.3, 0.4) is 0 Å². The third kappa shape index (κ3) is 5.70. The highest BCUT2D eigenvalue weighted by atomic mass is 35.5. The molecule has 0 saturated heterocycles. The second kappa shape index (κ2) is 12.1. The van der Waals surface area contributed by atoms with Crippen LogP contribution in [0.15, 0.2) is 54.6 Å². The number of nitrogens with zero attached hydrogens (tertiary/aromatic N) is 1. The van der Waals surface area contributed by atoms with Crippen LogP contribution in [-0.2, 0) is 27.3 Å². The Hall–Kier alpha value is -3.62. The number of benzene rings is 3. The van der Waals surface area contributed by atoms with E-state index in [0.29, 0.717) is 24.2 Å². The Morgan fingerprint density at radius 2 is 1.86 bits per heavy atom. The number of hydrogen-bond acceptors (Lipinski definition) is 6. The molecule has 2 atom stereocenters. The highest BCUT2D eigenvalue weighted by Crippen LogP contribution is 2.34. The SMILES string of the molecule is CNC(C)C(=O)NC1CCc2ccccc2N(Cc2c(OC)ccc3cc(C(=O)OC)ccc23)C1=O.Cl. The molecule has 3 aromatic carbocycles. The van der Waals surface area contributed by atoms with Gasteiger partial charge in [-0.05, 0) is 67.4 Å². The number of carbonyl (C=O) groups is 3. The number of hydrogen-bond donors (Lipinski definition) is 2. The van der Waals surface area contributed by atoms with Crippen LogP contribution in [-0.4, -0.2) is 51.1 Å². The molecule has 1 aliphatic heterocycles. The number of para-hydroxylation sites is 1. The summed E-state index contributed by atoms with van der Waals surface area (Å²) in [5, 5.41) is 7.54. The Balaban J connectivity index is 0.00000380. The van der Waals surface area contributed by atoms with Gasteiger partial charge >= 0.3 is 5.97 Å². The first kappa shape index (κ1) is 28.0. The minimum Gasteiger partial charge on any atom is -0.496 e. The number of likely N-dealkylation sites (N-methyl/N-ethyl adjacent to an activating group) is 1. The molecule has 37 heavy (non-hydrogen) atoms. The van der Waals surface area contributed by atoms with Gasteiger partial charge < -0.3 is 25.0 Å². The van der Waals surface area contributed by atoms with Gasteiger partial charge in [-0.3, -0.25) is 9.59 Å². The lowest BCUT2D eigenvalue weighted by molar-refractivity contribution is -0.128. The zero-order chi connectivity index (χ0) is 25.8. The summed E-state index contributed by atoms with van der Waals surface area (Å²) in [6, 6.07) is 15.8. The van der Waals surface area contributed by atoms with Crippen LogP contribution in [0.4, 0.5) is 5.69 Å². The second-order valence-corrected chi connectivity index (χ2v) is 8.84. The number of halogens is 1. The maximum Gasteiger partial charge on any atom is 0.337 e. The summed E-state index contributed by atoms with van der Waals surface area (Å²) in [6.07, 6.45) is 1.16. The van der Waals surface area contributed by atoms with E-state index in [1.165, 1.54) is 7.11 Å². The van der Waals surface area contributed by atoms with Crippen molar-refractivity contribution >= 4 is 46.7 Å². The van der Waals surface area contributed by atoms with Gasteiger partial charge in [0.05, 0.1) is 32.4 Å². The summed E-state index contributed by atoms with van der Waals surface area (Å²) < 4.78 is 10.5. The van der Waals surface area contributed by atoms with Crippen molar-refractivity contribution in [3.05, 3.63) is 71.3 Å². The van der Waals surface area contributed by atoms with Crippen LogP contribution in [0.25, 0.3) is 10.8 Å². The number of carbonyl (C=O) groups excluding carboxylic acids is 3. The quantitative estimate of drug-likeness (QED) is 0.457. The lowest BCUT2D eigenvalue weighted by Crippen LogP contribution is -2.52.